The lowest BCUT2D eigenvalue weighted by molar-refractivity contribution is 0.475. The molecule has 3 aromatic heterocycles. The fourth-order valence-electron chi connectivity index (χ4n) is 1.49. The summed E-state index contributed by atoms with van der Waals surface area (Å²) in [6.45, 7) is 0. The molecule has 0 saturated carbocycles. The summed E-state index contributed by atoms with van der Waals surface area (Å²) in [6, 6.07) is 5.02. The van der Waals surface area contributed by atoms with Crippen LogP contribution in [0.2, 0.25) is 0 Å². The molecule has 0 atom stereocenters. The van der Waals surface area contributed by atoms with Gasteiger partial charge in [-0.1, -0.05) is 0 Å². The van der Waals surface area contributed by atoms with Crippen molar-refractivity contribution in [2.24, 2.45) is 0 Å². The van der Waals surface area contributed by atoms with Gasteiger partial charge in [0.05, 0.1) is 0 Å². The van der Waals surface area contributed by atoms with E-state index in [-0.39, 0.29) is 5.75 Å². The van der Waals surface area contributed by atoms with Crippen LogP contribution in [0.5, 0.6) is 5.75 Å². The van der Waals surface area contributed by atoms with Gasteiger partial charge in [0.25, 0.3) is 0 Å². The van der Waals surface area contributed by atoms with Crippen molar-refractivity contribution in [1.29, 1.82) is 0 Å². The molecule has 0 aliphatic heterocycles. The predicted molar refractivity (Wildman–Crippen MR) is 56.6 cm³/mol. The van der Waals surface area contributed by atoms with Crippen molar-refractivity contribution in [3.05, 3.63) is 30.6 Å². The van der Waals surface area contributed by atoms with Gasteiger partial charge in [0.2, 0.25) is 5.65 Å². The Morgan fingerprint density at radius 1 is 1.19 bits per heavy atom. The molecule has 0 aromatic carbocycles. The minimum Gasteiger partial charge on any atom is -0.506 e. The fraction of sp³-hybridized carbons (Fsp3) is 0. The number of rotatable bonds is 1. The number of aromatic nitrogens is 5. The third kappa shape index (κ3) is 1.28. The lowest BCUT2D eigenvalue weighted by Crippen LogP contribution is -1.86. The van der Waals surface area contributed by atoms with Gasteiger partial charge < -0.3 is 5.11 Å². The summed E-state index contributed by atoms with van der Waals surface area (Å²) in [7, 11) is 0. The Balaban J connectivity index is 2.22. The molecule has 6 heteroatoms. The molecule has 3 rings (SSSR count). The fourth-order valence-corrected chi connectivity index (χ4v) is 1.49. The predicted octanol–water partition coefficient (Wildman–Crippen LogP) is 1.12. The molecular weight excluding hydrogens is 206 g/mol. The van der Waals surface area contributed by atoms with Crippen molar-refractivity contribution in [3.63, 3.8) is 0 Å². The Kier molecular flexibility index (Phi) is 1.79. The number of H-pyrrole nitrogens is 1. The number of fused-ring (bicyclic) bond motifs is 1. The molecule has 0 bridgehead atoms. The summed E-state index contributed by atoms with van der Waals surface area (Å²) in [4.78, 5) is 8.19. The van der Waals surface area contributed by atoms with E-state index in [1.807, 2.05) is 0 Å². The zero-order valence-corrected chi connectivity index (χ0v) is 8.12. The number of nitrogens with zero attached hydrogens (tertiary/aromatic N) is 4. The Bertz CT molecular complexity index is 648. The summed E-state index contributed by atoms with van der Waals surface area (Å²) in [5, 5.41) is 19.9. The van der Waals surface area contributed by atoms with E-state index >= 15 is 0 Å². The van der Waals surface area contributed by atoms with Crippen LogP contribution in [0.3, 0.4) is 0 Å². The second-order valence-electron chi connectivity index (χ2n) is 3.26. The van der Waals surface area contributed by atoms with E-state index in [4.69, 9.17) is 0 Å². The summed E-state index contributed by atoms with van der Waals surface area (Å²) in [5.74, 6) is 0.118. The highest BCUT2D eigenvalue weighted by Crippen LogP contribution is 2.26. The third-order valence-corrected chi connectivity index (χ3v) is 2.23. The van der Waals surface area contributed by atoms with E-state index in [1.54, 1.807) is 30.6 Å². The number of nitrogens with one attached hydrogen (secondary N) is 1. The molecule has 78 valence electrons. The summed E-state index contributed by atoms with van der Waals surface area (Å²) in [6.07, 6.45) is 3.22. The molecule has 0 amide bonds. The van der Waals surface area contributed by atoms with E-state index in [0.29, 0.717) is 22.4 Å². The average molecular weight is 213 g/mol. The van der Waals surface area contributed by atoms with Crippen LogP contribution in [-0.4, -0.2) is 30.5 Å². The highest BCUT2D eigenvalue weighted by Gasteiger charge is 2.07. The molecule has 0 aliphatic carbocycles. The molecule has 0 spiro atoms. The first-order valence-corrected chi connectivity index (χ1v) is 4.65. The minimum absolute atomic E-state index is 0.118. The highest BCUT2D eigenvalue weighted by molar-refractivity contribution is 5.77. The van der Waals surface area contributed by atoms with E-state index < -0.39 is 0 Å². The SMILES string of the molecule is Oc1cccnc1-c1cnc2n[nH]nc2c1. The first kappa shape index (κ1) is 8.78. The standard InChI is InChI=1S/C10H7N5O/c16-8-2-1-3-11-9(8)6-4-7-10(12-5-6)14-15-13-7/h1-5,16H,(H,12,13,14,15). The molecule has 6 nitrogen and oxygen atoms in total. The lowest BCUT2D eigenvalue weighted by Gasteiger charge is -2.01. The van der Waals surface area contributed by atoms with Crippen molar-refractivity contribution in [1.82, 2.24) is 25.4 Å². The van der Waals surface area contributed by atoms with Crippen LogP contribution in [-0.2, 0) is 0 Å². The van der Waals surface area contributed by atoms with Crippen molar-refractivity contribution < 1.29 is 5.11 Å². The Labute approximate surface area is 90.0 Å². The maximum atomic E-state index is 9.65. The van der Waals surface area contributed by atoms with Gasteiger partial charge in [0.1, 0.15) is 17.0 Å². The minimum atomic E-state index is 0.118. The van der Waals surface area contributed by atoms with Crippen LogP contribution in [0.25, 0.3) is 22.4 Å². The monoisotopic (exact) mass is 213 g/mol. The summed E-state index contributed by atoms with van der Waals surface area (Å²) < 4.78 is 0. The first-order valence-electron chi connectivity index (χ1n) is 4.65. The Hall–Kier alpha value is -2.50. The van der Waals surface area contributed by atoms with Crippen molar-refractivity contribution in [3.8, 4) is 17.0 Å². The van der Waals surface area contributed by atoms with Gasteiger partial charge in [-0.25, -0.2) is 4.98 Å². The number of aromatic amines is 1. The second-order valence-corrected chi connectivity index (χ2v) is 3.26. The van der Waals surface area contributed by atoms with Gasteiger partial charge in [-0.05, 0) is 18.2 Å². The number of hydrogen-bond acceptors (Lipinski definition) is 5. The summed E-state index contributed by atoms with van der Waals surface area (Å²) >= 11 is 0. The van der Waals surface area contributed by atoms with Gasteiger partial charge in [-0.15, -0.1) is 5.10 Å². The molecule has 0 fully saturated rings. The smallest absolute Gasteiger partial charge is 0.201 e. The van der Waals surface area contributed by atoms with E-state index in [0.717, 1.165) is 0 Å². The quantitative estimate of drug-likeness (QED) is 0.632. The second kappa shape index (κ2) is 3.27. The molecule has 2 N–H and O–H groups in total. The maximum absolute atomic E-state index is 9.65. The van der Waals surface area contributed by atoms with E-state index in [9.17, 15) is 5.11 Å². The van der Waals surface area contributed by atoms with Gasteiger partial charge in [0, 0.05) is 18.0 Å². The average Bonchev–Trinajstić information content (AvgIpc) is 2.76. The van der Waals surface area contributed by atoms with Crippen molar-refractivity contribution in [2.75, 3.05) is 0 Å². The third-order valence-electron chi connectivity index (χ3n) is 2.23. The van der Waals surface area contributed by atoms with Crippen molar-refractivity contribution in [2.45, 2.75) is 0 Å². The topological polar surface area (TPSA) is 87.6 Å². The molecule has 0 aliphatic rings. The number of pyridine rings is 2. The zero-order chi connectivity index (χ0) is 11.0. The Morgan fingerprint density at radius 3 is 3.00 bits per heavy atom. The van der Waals surface area contributed by atoms with Gasteiger partial charge in [-0.3, -0.25) is 4.98 Å². The Morgan fingerprint density at radius 2 is 2.12 bits per heavy atom. The lowest BCUT2D eigenvalue weighted by atomic mass is 10.1. The first-order chi connectivity index (χ1) is 7.84. The van der Waals surface area contributed by atoms with Crippen molar-refractivity contribution >= 4 is 11.2 Å². The largest absolute Gasteiger partial charge is 0.506 e. The van der Waals surface area contributed by atoms with Crippen LogP contribution in [0.15, 0.2) is 30.6 Å². The zero-order valence-electron chi connectivity index (χ0n) is 8.12. The summed E-state index contributed by atoms with van der Waals surface area (Å²) in [5.41, 5.74) is 2.38. The van der Waals surface area contributed by atoms with Crippen LogP contribution in [0.1, 0.15) is 0 Å². The van der Waals surface area contributed by atoms with Gasteiger partial charge in [0.15, 0.2) is 0 Å². The molecule has 3 aromatic rings. The maximum Gasteiger partial charge on any atom is 0.201 e. The van der Waals surface area contributed by atoms with Gasteiger partial charge >= 0.3 is 0 Å². The van der Waals surface area contributed by atoms with Crippen LogP contribution in [0.4, 0.5) is 0 Å². The van der Waals surface area contributed by atoms with E-state index in [1.165, 1.54) is 0 Å². The number of hydrogen-bond donors (Lipinski definition) is 2. The van der Waals surface area contributed by atoms with E-state index in [2.05, 4.69) is 25.4 Å². The molecular formula is C10H7N5O. The van der Waals surface area contributed by atoms with Crippen LogP contribution < -0.4 is 0 Å². The molecule has 0 saturated heterocycles. The molecule has 0 unspecified atom stereocenters. The molecule has 3 heterocycles. The van der Waals surface area contributed by atoms with Crippen LogP contribution >= 0.6 is 0 Å². The van der Waals surface area contributed by atoms with Gasteiger partial charge in [-0.2, -0.15) is 10.3 Å². The molecule has 0 radical (unpaired) electrons. The highest BCUT2D eigenvalue weighted by atomic mass is 16.3. The van der Waals surface area contributed by atoms with Crippen LogP contribution in [0, 0.1) is 0 Å². The number of aromatic hydroxyl groups is 1. The molecule has 16 heavy (non-hydrogen) atoms. The normalized spacial score (nSPS) is 10.8.